The fourth-order valence-electron chi connectivity index (χ4n) is 1.48. The van der Waals surface area contributed by atoms with Crippen molar-refractivity contribution in [2.24, 2.45) is 4.99 Å². The Bertz CT molecular complexity index is 628. The lowest BCUT2D eigenvalue weighted by molar-refractivity contribution is -0.140. The zero-order chi connectivity index (χ0) is 17.5. The summed E-state index contributed by atoms with van der Waals surface area (Å²) in [6, 6.07) is 0. The van der Waals surface area contributed by atoms with E-state index in [-0.39, 0.29) is 6.54 Å². The number of nitrogens with zero attached hydrogens (tertiary/aromatic N) is 2. The number of nitrogens with one attached hydrogen (secondary N) is 3. The van der Waals surface area contributed by atoms with Gasteiger partial charge in [0.15, 0.2) is 11.7 Å². The molecule has 7 nitrogen and oxygen atoms in total. The quantitative estimate of drug-likeness (QED) is 0.366. The molecule has 0 spiro atoms. The Morgan fingerprint density at radius 2 is 1.96 bits per heavy atom. The normalized spacial score (nSPS) is 13.2. The number of halogens is 3. The molecular formula is C11H18F3N5O2S2. The summed E-state index contributed by atoms with van der Waals surface area (Å²) in [7, 11) is -1.71. The molecule has 0 bridgehead atoms. The van der Waals surface area contributed by atoms with E-state index in [4.69, 9.17) is 0 Å². The van der Waals surface area contributed by atoms with Crippen LogP contribution in [-0.2, 0) is 22.6 Å². The molecule has 132 valence electrons. The molecule has 0 unspecified atom stereocenters. The SMILES string of the molecule is CN=C(NCCNS(C)(=O)=O)NCCc1nc(C(F)(F)F)cs1. The van der Waals surface area contributed by atoms with Gasteiger partial charge in [0, 0.05) is 38.5 Å². The molecule has 1 rings (SSSR count). The van der Waals surface area contributed by atoms with Crippen molar-refractivity contribution in [2.75, 3.05) is 32.9 Å². The molecule has 0 aliphatic rings. The van der Waals surface area contributed by atoms with Crippen LogP contribution in [0.15, 0.2) is 10.4 Å². The van der Waals surface area contributed by atoms with Crippen LogP contribution in [0.5, 0.6) is 0 Å². The van der Waals surface area contributed by atoms with Crippen molar-refractivity contribution in [3.05, 3.63) is 16.1 Å². The Hall–Kier alpha value is -1.40. The Morgan fingerprint density at radius 3 is 2.48 bits per heavy atom. The fraction of sp³-hybridized carbons (Fsp3) is 0.636. The minimum Gasteiger partial charge on any atom is -0.356 e. The van der Waals surface area contributed by atoms with Gasteiger partial charge in [-0.25, -0.2) is 18.1 Å². The van der Waals surface area contributed by atoms with E-state index in [0.717, 1.165) is 23.0 Å². The monoisotopic (exact) mass is 373 g/mol. The van der Waals surface area contributed by atoms with Gasteiger partial charge < -0.3 is 10.6 Å². The average Bonchev–Trinajstić information content (AvgIpc) is 2.89. The smallest absolute Gasteiger partial charge is 0.356 e. The average molecular weight is 373 g/mol. The van der Waals surface area contributed by atoms with Crippen LogP contribution in [0, 0.1) is 0 Å². The van der Waals surface area contributed by atoms with Crippen molar-refractivity contribution in [2.45, 2.75) is 12.6 Å². The highest BCUT2D eigenvalue weighted by molar-refractivity contribution is 7.88. The molecular weight excluding hydrogens is 355 g/mol. The lowest BCUT2D eigenvalue weighted by Crippen LogP contribution is -2.42. The highest BCUT2D eigenvalue weighted by Crippen LogP contribution is 2.29. The van der Waals surface area contributed by atoms with Crippen LogP contribution in [0.25, 0.3) is 0 Å². The minimum absolute atomic E-state index is 0.195. The maximum absolute atomic E-state index is 12.4. The van der Waals surface area contributed by atoms with Crippen molar-refractivity contribution in [1.29, 1.82) is 0 Å². The molecule has 3 N–H and O–H groups in total. The summed E-state index contributed by atoms with van der Waals surface area (Å²) in [5, 5.41) is 7.14. The third kappa shape index (κ3) is 8.13. The number of hydrogen-bond donors (Lipinski definition) is 3. The van der Waals surface area contributed by atoms with Gasteiger partial charge in [0.25, 0.3) is 0 Å². The zero-order valence-corrected chi connectivity index (χ0v) is 14.2. The summed E-state index contributed by atoms with van der Waals surface area (Å²) >= 11 is 0.952. The van der Waals surface area contributed by atoms with Crippen LogP contribution in [0.4, 0.5) is 13.2 Å². The molecule has 0 atom stereocenters. The molecule has 0 aromatic carbocycles. The number of thiazole rings is 1. The van der Waals surface area contributed by atoms with Crippen LogP contribution < -0.4 is 15.4 Å². The van der Waals surface area contributed by atoms with Crippen molar-refractivity contribution >= 4 is 27.3 Å². The second-order valence-corrected chi connectivity index (χ2v) is 7.24. The third-order valence-corrected chi connectivity index (χ3v) is 4.12. The number of sulfonamides is 1. The molecule has 1 aromatic rings. The van der Waals surface area contributed by atoms with Gasteiger partial charge in [-0.15, -0.1) is 11.3 Å². The first-order valence-electron chi connectivity index (χ1n) is 6.52. The Balaban J connectivity index is 2.31. The van der Waals surface area contributed by atoms with Gasteiger partial charge in [0.1, 0.15) is 0 Å². The Labute approximate surface area is 136 Å². The molecule has 1 heterocycles. The molecule has 0 aliphatic carbocycles. The number of rotatable bonds is 7. The van der Waals surface area contributed by atoms with E-state index in [0.29, 0.717) is 30.5 Å². The summed E-state index contributed by atoms with van der Waals surface area (Å²) < 4.78 is 61.3. The topological polar surface area (TPSA) is 95.5 Å². The van der Waals surface area contributed by atoms with Crippen molar-refractivity contribution in [3.8, 4) is 0 Å². The largest absolute Gasteiger partial charge is 0.434 e. The van der Waals surface area contributed by atoms with E-state index in [1.807, 2.05) is 0 Å². The fourth-order valence-corrected chi connectivity index (χ4v) is 2.76. The molecule has 0 amide bonds. The number of alkyl halides is 3. The number of aliphatic imine (C=N–C) groups is 1. The molecule has 12 heteroatoms. The Morgan fingerprint density at radius 1 is 1.30 bits per heavy atom. The summed E-state index contributed by atoms with van der Waals surface area (Å²) in [5.74, 6) is 0.424. The summed E-state index contributed by atoms with van der Waals surface area (Å²) in [6.45, 7) is 0.868. The van der Waals surface area contributed by atoms with Crippen molar-refractivity contribution in [3.63, 3.8) is 0 Å². The van der Waals surface area contributed by atoms with Crippen LogP contribution >= 0.6 is 11.3 Å². The predicted octanol–water partition coefficient (Wildman–Crippen LogP) is 0.419. The van der Waals surface area contributed by atoms with Gasteiger partial charge in [0.05, 0.1) is 11.3 Å². The van der Waals surface area contributed by atoms with Crippen molar-refractivity contribution in [1.82, 2.24) is 20.3 Å². The molecule has 0 saturated carbocycles. The first kappa shape index (κ1) is 19.6. The molecule has 23 heavy (non-hydrogen) atoms. The van der Waals surface area contributed by atoms with Crippen molar-refractivity contribution < 1.29 is 21.6 Å². The van der Waals surface area contributed by atoms with E-state index in [2.05, 4.69) is 25.3 Å². The molecule has 0 saturated heterocycles. The van der Waals surface area contributed by atoms with E-state index in [1.54, 1.807) is 0 Å². The number of aromatic nitrogens is 1. The summed E-state index contributed by atoms with van der Waals surface area (Å²) in [5.41, 5.74) is -0.883. The van der Waals surface area contributed by atoms with Gasteiger partial charge in [-0.2, -0.15) is 13.2 Å². The van der Waals surface area contributed by atoms with Gasteiger partial charge in [-0.05, 0) is 0 Å². The van der Waals surface area contributed by atoms with E-state index < -0.39 is 21.9 Å². The first-order valence-corrected chi connectivity index (χ1v) is 9.29. The maximum Gasteiger partial charge on any atom is 0.434 e. The maximum atomic E-state index is 12.4. The third-order valence-electron chi connectivity index (χ3n) is 2.48. The van der Waals surface area contributed by atoms with E-state index in [9.17, 15) is 21.6 Å². The summed E-state index contributed by atoms with van der Waals surface area (Å²) in [6.07, 6.45) is -3.04. The standard InChI is InChI=1S/C11H18F3N5O2S2/c1-15-10(17-5-6-18-23(2,20)21)16-4-3-9-19-8(7-22-9)11(12,13)14/h7,18H,3-6H2,1-2H3,(H2,15,16,17). The van der Waals surface area contributed by atoms with Gasteiger partial charge >= 0.3 is 6.18 Å². The van der Waals surface area contributed by atoms with Gasteiger partial charge in [0.2, 0.25) is 10.0 Å². The highest BCUT2D eigenvalue weighted by Gasteiger charge is 2.33. The van der Waals surface area contributed by atoms with Crippen LogP contribution in [-0.4, -0.2) is 52.3 Å². The van der Waals surface area contributed by atoms with Crippen LogP contribution in [0.3, 0.4) is 0 Å². The second kappa shape index (κ2) is 8.45. The summed E-state index contributed by atoms with van der Waals surface area (Å²) in [4.78, 5) is 7.44. The van der Waals surface area contributed by atoms with E-state index >= 15 is 0 Å². The molecule has 1 aromatic heterocycles. The van der Waals surface area contributed by atoms with Gasteiger partial charge in [-0.3, -0.25) is 4.99 Å². The van der Waals surface area contributed by atoms with Gasteiger partial charge in [-0.1, -0.05) is 0 Å². The lowest BCUT2D eigenvalue weighted by atomic mass is 10.4. The lowest BCUT2D eigenvalue weighted by Gasteiger charge is -2.11. The van der Waals surface area contributed by atoms with E-state index in [1.165, 1.54) is 7.05 Å². The van der Waals surface area contributed by atoms with Crippen LogP contribution in [0.2, 0.25) is 0 Å². The minimum atomic E-state index is -4.42. The molecule has 0 aliphatic heterocycles. The number of hydrogen-bond acceptors (Lipinski definition) is 5. The predicted molar refractivity (Wildman–Crippen MR) is 83.0 cm³/mol. The van der Waals surface area contributed by atoms with Crippen LogP contribution in [0.1, 0.15) is 10.7 Å². The Kier molecular flexibility index (Phi) is 7.22. The first-order chi connectivity index (χ1) is 10.6. The number of guanidine groups is 1. The molecule has 0 radical (unpaired) electrons. The highest BCUT2D eigenvalue weighted by atomic mass is 32.2. The second-order valence-electron chi connectivity index (χ2n) is 4.47. The zero-order valence-electron chi connectivity index (χ0n) is 12.6. The molecule has 0 fully saturated rings.